The molecule has 0 spiro atoms. The molecule has 1 saturated heterocycles. The third-order valence-electron chi connectivity index (χ3n) is 4.37. The lowest BCUT2D eigenvalue weighted by Gasteiger charge is -2.32. The van der Waals surface area contributed by atoms with E-state index in [1.165, 1.54) is 4.91 Å². The van der Waals surface area contributed by atoms with Gasteiger partial charge in [0.1, 0.15) is 0 Å². The summed E-state index contributed by atoms with van der Waals surface area (Å²) in [6.45, 7) is 1.52. The van der Waals surface area contributed by atoms with Gasteiger partial charge in [-0.05, 0) is 0 Å². The summed E-state index contributed by atoms with van der Waals surface area (Å²) >= 11 is 0. The van der Waals surface area contributed by atoms with E-state index in [0.29, 0.717) is 52.4 Å². The Hall–Kier alpha value is -2.97. The molecule has 0 aromatic carbocycles. The molecule has 1 aliphatic heterocycles. The van der Waals surface area contributed by atoms with Crippen LogP contribution in [-0.2, 0) is 19.2 Å². The second kappa shape index (κ2) is 15.8. The van der Waals surface area contributed by atoms with Crippen LogP contribution in [0.4, 0.5) is 0 Å². The molecule has 15 nitrogen and oxygen atoms in total. The monoisotopic (exact) mass is 446 g/mol. The van der Waals surface area contributed by atoms with Crippen LogP contribution in [-0.4, -0.2) is 142 Å². The first-order valence-electron chi connectivity index (χ1n) is 9.32. The van der Waals surface area contributed by atoms with Gasteiger partial charge in [0.25, 0.3) is 0 Å². The largest absolute Gasteiger partial charge is 0.480 e. The van der Waals surface area contributed by atoms with Crippen LogP contribution < -0.4 is 0 Å². The fraction of sp³-hybridized carbons (Fsp3) is 0.750. The molecular formula is C16H28N7O8-. The van der Waals surface area contributed by atoms with Gasteiger partial charge in [0.05, 0.1) is 26.2 Å². The number of rotatable bonds is 8. The van der Waals surface area contributed by atoms with E-state index in [9.17, 15) is 19.2 Å². The number of carboxylic acids is 4. The summed E-state index contributed by atoms with van der Waals surface area (Å²) in [5, 5.41) is 36.3. The average Bonchev–Trinajstić information content (AvgIpc) is 2.63. The quantitative estimate of drug-likeness (QED) is 0.188. The predicted molar refractivity (Wildman–Crippen MR) is 106 cm³/mol. The normalized spacial score (nSPS) is 17.8. The zero-order chi connectivity index (χ0) is 23.8. The molecule has 0 bridgehead atoms. The molecule has 0 amide bonds. The van der Waals surface area contributed by atoms with Gasteiger partial charge in [-0.15, -0.1) is 0 Å². The maximum atomic E-state index is 11.1. The zero-order valence-corrected chi connectivity index (χ0v) is 17.0. The Kier molecular flexibility index (Phi) is 14.3. The van der Waals surface area contributed by atoms with E-state index in [1.54, 1.807) is 19.6 Å². The highest BCUT2D eigenvalue weighted by atomic mass is 16.4. The molecule has 0 aromatic heterocycles. The van der Waals surface area contributed by atoms with Crippen LogP contribution >= 0.6 is 0 Å². The molecule has 0 unspecified atom stereocenters. The second-order valence-electron chi connectivity index (χ2n) is 6.77. The molecular weight excluding hydrogens is 418 g/mol. The lowest BCUT2D eigenvalue weighted by molar-refractivity contribution is -0.141. The van der Waals surface area contributed by atoms with Crippen molar-refractivity contribution in [2.75, 3.05) is 78.5 Å². The predicted octanol–water partition coefficient (Wildman–Crippen LogP) is -1.59. The SMILES string of the molecule is O=C(O)CN1CCN(CC(=O)O)CCN(CC(=O)O)CCN(CC(=O)O)CC1.[N-]=[N+]=[N-]. The van der Waals surface area contributed by atoms with Crippen molar-refractivity contribution < 1.29 is 39.6 Å². The molecule has 0 saturated carbocycles. The Morgan fingerprint density at radius 2 is 0.645 bits per heavy atom. The van der Waals surface area contributed by atoms with E-state index in [2.05, 4.69) is 0 Å². The maximum absolute atomic E-state index is 11.1. The average molecular weight is 446 g/mol. The Labute approximate surface area is 178 Å². The second-order valence-corrected chi connectivity index (χ2v) is 6.77. The maximum Gasteiger partial charge on any atom is 0.317 e. The molecule has 0 aromatic rings. The van der Waals surface area contributed by atoms with E-state index < -0.39 is 23.9 Å². The number of hydrogen-bond donors (Lipinski definition) is 4. The van der Waals surface area contributed by atoms with E-state index in [0.717, 1.165) is 0 Å². The van der Waals surface area contributed by atoms with Crippen LogP contribution in [0.25, 0.3) is 16.0 Å². The third-order valence-corrected chi connectivity index (χ3v) is 4.37. The van der Waals surface area contributed by atoms with Crippen LogP contribution in [0.1, 0.15) is 0 Å². The number of hydrogen-bond acceptors (Lipinski definition) is 8. The fourth-order valence-electron chi connectivity index (χ4n) is 2.98. The van der Waals surface area contributed by atoms with Crippen molar-refractivity contribution in [1.29, 1.82) is 0 Å². The molecule has 4 N–H and O–H groups in total. The molecule has 0 aliphatic carbocycles. The number of aliphatic carboxylic acids is 4. The number of carboxylic acid groups (broad SMARTS) is 4. The fourth-order valence-corrected chi connectivity index (χ4v) is 2.98. The standard InChI is InChI=1S/C16H28N4O8.N3/c21-13(22)9-17-1-2-18(10-14(23)24)5-6-20(12-16(27)28)8-7-19(4-3-17)11-15(25)26;1-3-2/h1-12H2,(H,21,22)(H,23,24)(H,25,26)(H,27,28);/q;-1. The summed E-state index contributed by atoms with van der Waals surface area (Å²) in [6.07, 6.45) is 0. The molecule has 1 rings (SSSR count). The van der Waals surface area contributed by atoms with E-state index in [4.69, 9.17) is 31.5 Å². The first-order valence-corrected chi connectivity index (χ1v) is 9.32. The number of carbonyl (C=O) groups is 4. The Bertz CT molecular complexity index is 529. The van der Waals surface area contributed by atoms with Gasteiger partial charge in [-0.1, -0.05) is 0 Å². The van der Waals surface area contributed by atoms with Crippen LogP contribution in [0, 0.1) is 0 Å². The minimum atomic E-state index is -1.02. The smallest absolute Gasteiger partial charge is 0.317 e. The summed E-state index contributed by atoms with van der Waals surface area (Å²) in [6, 6.07) is 0. The first kappa shape index (κ1) is 28.0. The van der Waals surface area contributed by atoms with Crippen molar-refractivity contribution in [3.8, 4) is 0 Å². The first-order chi connectivity index (χ1) is 14.6. The van der Waals surface area contributed by atoms with Crippen LogP contribution in [0.15, 0.2) is 0 Å². The summed E-state index contributed by atoms with van der Waals surface area (Å²) in [5.74, 6) is -4.08. The van der Waals surface area contributed by atoms with Gasteiger partial charge in [0, 0.05) is 52.4 Å². The minimum absolute atomic E-state index is 0.229. The summed E-state index contributed by atoms with van der Waals surface area (Å²) in [4.78, 5) is 52.4. The Balaban J connectivity index is 0.00000282. The minimum Gasteiger partial charge on any atom is -0.480 e. The molecule has 1 heterocycles. The van der Waals surface area contributed by atoms with Crippen molar-refractivity contribution in [3.05, 3.63) is 16.0 Å². The van der Waals surface area contributed by atoms with Crippen LogP contribution in [0.3, 0.4) is 0 Å². The Morgan fingerprint density at radius 3 is 0.742 bits per heavy atom. The summed E-state index contributed by atoms with van der Waals surface area (Å²) in [7, 11) is 0. The van der Waals surface area contributed by atoms with Gasteiger partial charge in [0.2, 0.25) is 0 Å². The van der Waals surface area contributed by atoms with Gasteiger partial charge < -0.3 is 31.5 Å². The van der Waals surface area contributed by atoms with Gasteiger partial charge in [-0.25, -0.2) is 0 Å². The van der Waals surface area contributed by atoms with E-state index in [-0.39, 0.29) is 26.2 Å². The third kappa shape index (κ3) is 15.5. The van der Waals surface area contributed by atoms with Crippen molar-refractivity contribution in [2.24, 2.45) is 0 Å². The van der Waals surface area contributed by atoms with Crippen LogP contribution in [0.2, 0.25) is 0 Å². The lowest BCUT2D eigenvalue weighted by atomic mass is 10.3. The Morgan fingerprint density at radius 1 is 0.516 bits per heavy atom. The van der Waals surface area contributed by atoms with E-state index >= 15 is 0 Å². The summed E-state index contributed by atoms with van der Waals surface area (Å²) < 4.78 is 0. The van der Waals surface area contributed by atoms with Crippen molar-refractivity contribution in [1.82, 2.24) is 19.6 Å². The molecule has 176 valence electrons. The number of nitrogens with zero attached hydrogens (tertiary/aromatic N) is 7. The highest BCUT2D eigenvalue weighted by Gasteiger charge is 2.20. The van der Waals surface area contributed by atoms with Gasteiger partial charge >= 0.3 is 23.9 Å². The lowest BCUT2D eigenvalue weighted by Crippen LogP contribution is -2.49. The van der Waals surface area contributed by atoms with E-state index in [1.807, 2.05) is 0 Å². The topological polar surface area (TPSA) is 221 Å². The molecule has 0 radical (unpaired) electrons. The van der Waals surface area contributed by atoms with Crippen molar-refractivity contribution in [2.45, 2.75) is 0 Å². The van der Waals surface area contributed by atoms with Crippen molar-refractivity contribution in [3.63, 3.8) is 0 Å². The molecule has 1 aliphatic rings. The summed E-state index contributed by atoms with van der Waals surface area (Å²) in [5.41, 5.74) is 13.5. The van der Waals surface area contributed by atoms with Gasteiger partial charge in [-0.3, -0.25) is 43.7 Å². The molecule has 15 heteroatoms. The highest BCUT2D eigenvalue weighted by Crippen LogP contribution is 2.01. The van der Waals surface area contributed by atoms with Crippen molar-refractivity contribution >= 4 is 23.9 Å². The van der Waals surface area contributed by atoms with Crippen LogP contribution in [0.5, 0.6) is 0 Å². The van der Waals surface area contributed by atoms with Gasteiger partial charge in [0.15, 0.2) is 0 Å². The molecule has 31 heavy (non-hydrogen) atoms. The highest BCUT2D eigenvalue weighted by molar-refractivity contribution is 5.70. The zero-order valence-electron chi connectivity index (χ0n) is 17.0. The molecule has 1 fully saturated rings. The van der Waals surface area contributed by atoms with Gasteiger partial charge in [-0.2, -0.15) is 0 Å². The molecule has 0 atom stereocenters.